The lowest BCUT2D eigenvalue weighted by atomic mass is 10.1. The normalized spacial score (nSPS) is 16.3. The average Bonchev–Trinajstić information content (AvgIpc) is 2.41. The number of piperidine rings is 1. The van der Waals surface area contributed by atoms with Gasteiger partial charge in [0.25, 0.3) is 0 Å². The van der Waals surface area contributed by atoms with Crippen LogP contribution in [0, 0.1) is 0 Å². The number of carbonyl (C=O) groups is 1. The van der Waals surface area contributed by atoms with Crippen molar-refractivity contribution in [2.75, 3.05) is 19.7 Å². The van der Waals surface area contributed by atoms with Crippen LogP contribution in [-0.2, 0) is 4.74 Å². The molecule has 1 saturated heterocycles. The van der Waals surface area contributed by atoms with Gasteiger partial charge in [-0.2, -0.15) is 0 Å². The molecule has 0 amide bonds. The lowest BCUT2D eigenvalue weighted by Crippen LogP contribution is -2.34. The number of ether oxygens (including phenoxy) is 2. The Kier molecular flexibility index (Phi) is 4.52. The summed E-state index contributed by atoms with van der Waals surface area (Å²) in [5, 5.41) is 3.28. The van der Waals surface area contributed by atoms with Gasteiger partial charge in [0.1, 0.15) is 6.10 Å². The van der Waals surface area contributed by atoms with Crippen molar-refractivity contribution in [1.29, 1.82) is 0 Å². The van der Waals surface area contributed by atoms with Gasteiger partial charge in [0, 0.05) is 12.3 Å². The van der Waals surface area contributed by atoms with Crippen molar-refractivity contribution in [2.45, 2.75) is 25.9 Å². The first-order valence-corrected chi connectivity index (χ1v) is 6.30. The minimum absolute atomic E-state index is 0.215. The van der Waals surface area contributed by atoms with Crippen molar-refractivity contribution in [3.05, 3.63) is 23.9 Å². The number of rotatable bonds is 4. The highest BCUT2D eigenvalue weighted by Gasteiger charge is 2.15. The second-order valence-corrected chi connectivity index (χ2v) is 4.17. The van der Waals surface area contributed by atoms with Gasteiger partial charge in [0.05, 0.1) is 12.2 Å². The van der Waals surface area contributed by atoms with E-state index in [2.05, 4.69) is 10.3 Å². The monoisotopic (exact) mass is 250 g/mol. The number of hydrogen-bond acceptors (Lipinski definition) is 5. The smallest absolute Gasteiger partial charge is 0.339 e. The van der Waals surface area contributed by atoms with Crippen LogP contribution in [0.1, 0.15) is 30.1 Å². The summed E-state index contributed by atoms with van der Waals surface area (Å²) in [5.41, 5.74) is 0.453. The van der Waals surface area contributed by atoms with Crippen LogP contribution in [0.2, 0.25) is 0 Å². The Labute approximate surface area is 107 Å². The second kappa shape index (κ2) is 6.35. The average molecular weight is 250 g/mol. The molecule has 1 aliphatic rings. The predicted molar refractivity (Wildman–Crippen MR) is 66.7 cm³/mol. The van der Waals surface area contributed by atoms with Crippen LogP contribution in [0.15, 0.2) is 18.3 Å². The van der Waals surface area contributed by atoms with E-state index in [4.69, 9.17) is 9.47 Å². The molecule has 0 unspecified atom stereocenters. The third kappa shape index (κ3) is 3.43. The predicted octanol–water partition coefficient (Wildman–Crippen LogP) is 1.39. The van der Waals surface area contributed by atoms with Crippen molar-refractivity contribution < 1.29 is 14.3 Å². The van der Waals surface area contributed by atoms with E-state index in [1.807, 2.05) is 0 Å². The van der Waals surface area contributed by atoms with E-state index >= 15 is 0 Å². The summed E-state index contributed by atoms with van der Waals surface area (Å²) in [4.78, 5) is 15.6. The summed E-state index contributed by atoms with van der Waals surface area (Å²) in [6, 6.07) is 3.40. The number of esters is 1. The topological polar surface area (TPSA) is 60.5 Å². The molecule has 0 aliphatic carbocycles. The molecule has 2 rings (SSSR count). The minimum atomic E-state index is -0.349. The van der Waals surface area contributed by atoms with Gasteiger partial charge in [-0.25, -0.2) is 9.78 Å². The Hall–Kier alpha value is -1.62. The zero-order chi connectivity index (χ0) is 12.8. The molecule has 1 aromatic rings. The fourth-order valence-corrected chi connectivity index (χ4v) is 1.87. The molecule has 0 radical (unpaired) electrons. The summed E-state index contributed by atoms with van der Waals surface area (Å²) in [6.45, 7) is 4.10. The van der Waals surface area contributed by atoms with E-state index < -0.39 is 0 Å². The first-order chi connectivity index (χ1) is 8.79. The first-order valence-electron chi connectivity index (χ1n) is 6.30. The van der Waals surface area contributed by atoms with Gasteiger partial charge < -0.3 is 14.8 Å². The molecule has 5 nitrogen and oxygen atoms in total. The number of nitrogens with one attached hydrogen (secondary N) is 1. The molecule has 1 aliphatic heterocycles. The molecular weight excluding hydrogens is 232 g/mol. The van der Waals surface area contributed by atoms with Crippen LogP contribution >= 0.6 is 0 Å². The van der Waals surface area contributed by atoms with E-state index in [0.29, 0.717) is 18.1 Å². The number of pyridine rings is 1. The van der Waals surface area contributed by atoms with Gasteiger partial charge in [0.2, 0.25) is 5.88 Å². The maximum Gasteiger partial charge on any atom is 0.339 e. The maximum absolute atomic E-state index is 11.4. The Bertz CT molecular complexity index is 386. The van der Waals surface area contributed by atoms with Gasteiger partial charge in [-0.1, -0.05) is 0 Å². The van der Waals surface area contributed by atoms with Crippen LogP contribution < -0.4 is 10.1 Å². The molecule has 18 heavy (non-hydrogen) atoms. The molecule has 2 heterocycles. The van der Waals surface area contributed by atoms with Crippen LogP contribution in [0.25, 0.3) is 0 Å². The number of hydrogen-bond donors (Lipinski definition) is 1. The second-order valence-electron chi connectivity index (χ2n) is 4.17. The molecule has 1 aromatic heterocycles. The van der Waals surface area contributed by atoms with E-state index in [0.717, 1.165) is 25.9 Å². The summed E-state index contributed by atoms with van der Waals surface area (Å²) in [6.07, 6.45) is 3.68. The highest BCUT2D eigenvalue weighted by atomic mass is 16.5. The van der Waals surface area contributed by atoms with Crippen LogP contribution in [0.3, 0.4) is 0 Å². The van der Waals surface area contributed by atoms with E-state index in [9.17, 15) is 4.79 Å². The third-order valence-corrected chi connectivity index (χ3v) is 2.82. The number of aromatic nitrogens is 1. The van der Waals surface area contributed by atoms with Gasteiger partial charge in [-0.3, -0.25) is 0 Å². The van der Waals surface area contributed by atoms with Gasteiger partial charge in [-0.05, 0) is 38.9 Å². The fraction of sp³-hybridized carbons (Fsp3) is 0.538. The van der Waals surface area contributed by atoms with Crippen LogP contribution in [-0.4, -0.2) is 36.8 Å². The van der Waals surface area contributed by atoms with E-state index in [1.54, 1.807) is 19.1 Å². The number of carbonyl (C=O) groups excluding carboxylic acids is 1. The maximum atomic E-state index is 11.4. The molecule has 0 spiro atoms. The largest absolute Gasteiger partial charge is 0.474 e. The summed E-state index contributed by atoms with van der Waals surface area (Å²) in [5.74, 6) is 0.216. The number of nitrogens with zero attached hydrogens (tertiary/aromatic N) is 1. The van der Waals surface area contributed by atoms with Crippen molar-refractivity contribution in [2.24, 2.45) is 0 Å². The first kappa shape index (κ1) is 12.8. The standard InChI is InChI=1S/C13H18N2O3/c1-2-17-13(16)10-3-4-12(15-9-10)18-11-5-7-14-8-6-11/h3-4,9,11,14H,2,5-8H2,1H3. The lowest BCUT2D eigenvalue weighted by Gasteiger charge is -2.23. The molecule has 1 N–H and O–H groups in total. The molecule has 0 saturated carbocycles. The Morgan fingerprint density at radius 2 is 2.22 bits per heavy atom. The molecule has 5 heteroatoms. The highest BCUT2D eigenvalue weighted by Crippen LogP contribution is 2.14. The van der Waals surface area contributed by atoms with Crippen LogP contribution in [0.5, 0.6) is 5.88 Å². The lowest BCUT2D eigenvalue weighted by molar-refractivity contribution is 0.0525. The molecule has 98 valence electrons. The zero-order valence-electron chi connectivity index (χ0n) is 10.5. The highest BCUT2D eigenvalue weighted by molar-refractivity contribution is 5.89. The summed E-state index contributed by atoms with van der Waals surface area (Å²) in [7, 11) is 0. The van der Waals surface area contributed by atoms with Crippen molar-refractivity contribution in [1.82, 2.24) is 10.3 Å². The van der Waals surface area contributed by atoms with Gasteiger partial charge >= 0.3 is 5.97 Å². The van der Waals surface area contributed by atoms with Crippen molar-refractivity contribution in [3.63, 3.8) is 0 Å². The quantitative estimate of drug-likeness (QED) is 0.818. The van der Waals surface area contributed by atoms with E-state index in [-0.39, 0.29) is 12.1 Å². The van der Waals surface area contributed by atoms with Crippen molar-refractivity contribution in [3.8, 4) is 5.88 Å². The molecule has 0 atom stereocenters. The fourth-order valence-electron chi connectivity index (χ4n) is 1.87. The van der Waals surface area contributed by atoms with Crippen LogP contribution in [0.4, 0.5) is 0 Å². The molecule has 0 bridgehead atoms. The molecule has 0 aromatic carbocycles. The van der Waals surface area contributed by atoms with E-state index in [1.165, 1.54) is 6.20 Å². The van der Waals surface area contributed by atoms with Gasteiger partial charge in [-0.15, -0.1) is 0 Å². The third-order valence-electron chi connectivity index (χ3n) is 2.82. The van der Waals surface area contributed by atoms with Crippen molar-refractivity contribution >= 4 is 5.97 Å². The Balaban J connectivity index is 1.92. The zero-order valence-corrected chi connectivity index (χ0v) is 10.5. The molecular formula is C13H18N2O3. The molecule has 1 fully saturated rings. The summed E-state index contributed by atoms with van der Waals surface area (Å²) >= 11 is 0. The SMILES string of the molecule is CCOC(=O)c1ccc(OC2CCNCC2)nc1. The van der Waals surface area contributed by atoms with Gasteiger partial charge in [0.15, 0.2) is 0 Å². The summed E-state index contributed by atoms with van der Waals surface area (Å²) < 4.78 is 10.6. The minimum Gasteiger partial charge on any atom is -0.474 e. The Morgan fingerprint density at radius 3 is 2.83 bits per heavy atom. The Morgan fingerprint density at radius 1 is 1.44 bits per heavy atom.